The molecule has 0 aromatic heterocycles. The number of rotatable bonds is 7. The lowest BCUT2D eigenvalue weighted by Crippen LogP contribution is -2.16. The normalized spacial score (nSPS) is 10.5. The fraction of sp³-hybridized carbons (Fsp3) is 0.417. The van der Waals surface area contributed by atoms with Crippen LogP contribution in [-0.4, -0.2) is 12.5 Å². The summed E-state index contributed by atoms with van der Waals surface area (Å²) in [5, 5.41) is 4.64. The van der Waals surface area contributed by atoms with Gasteiger partial charge in [-0.05, 0) is 43.1 Å². The molecule has 0 bridgehead atoms. The number of unbranched alkanes of at least 4 members (excludes halogenated alkanes) is 1. The molecular weight excluding hydrogens is 259 g/mol. The zero-order valence-corrected chi connectivity index (χ0v) is 11.0. The topological polar surface area (TPSA) is 55.1 Å². The average Bonchev–Trinajstić information content (AvgIpc) is 2.27. The molecule has 0 fully saturated rings. The average molecular weight is 275 g/mol. The molecule has 0 heterocycles. The minimum Gasteiger partial charge on any atom is -0.370 e. The summed E-state index contributed by atoms with van der Waals surface area (Å²) in [6.45, 7) is 1.51. The predicted octanol–water partition coefficient (Wildman–Crippen LogP) is 2.74. The lowest BCUT2D eigenvalue weighted by atomic mass is 10.2. The molecule has 1 amide bonds. The summed E-state index contributed by atoms with van der Waals surface area (Å²) in [7, 11) is 0. The molecule has 0 aliphatic heterocycles. The Labute approximate surface area is 111 Å². The van der Waals surface area contributed by atoms with E-state index >= 15 is 0 Å². The van der Waals surface area contributed by atoms with Gasteiger partial charge in [-0.1, -0.05) is 23.2 Å². The minimum atomic E-state index is -0.247. The van der Waals surface area contributed by atoms with Crippen molar-refractivity contribution in [2.45, 2.75) is 25.8 Å². The Morgan fingerprint density at radius 3 is 2.76 bits per heavy atom. The first kappa shape index (κ1) is 14.3. The summed E-state index contributed by atoms with van der Waals surface area (Å²) in [5.41, 5.74) is 6.02. The number of benzene rings is 1. The number of hydrogen-bond acceptors (Lipinski definition) is 2. The first-order valence-corrected chi connectivity index (χ1v) is 6.28. The maximum atomic E-state index is 10.5. The summed E-state index contributed by atoms with van der Waals surface area (Å²) < 4.78 is 0. The number of nitrogens with two attached hydrogens (primary N) is 1. The van der Waals surface area contributed by atoms with Crippen LogP contribution in [0.5, 0.6) is 0 Å². The Morgan fingerprint density at radius 1 is 1.29 bits per heavy atom. The van der Waals surface area contributed by atoms with Gasteiger partial charge in [0.15, 0.2) is 0 Å². The fourth-order valence-electron chi connectivity index (χ4n) is 1.45. The lowest BCUT2D eigenvalue weighted by molar-refractivity contribution is -0.118. The molecule has 1 rings (SSSR count). The van der Waals surface area contributed by atoms with Crippen molar-refractivity contribution in [3.05, 3.63) is 33.8 Å². The van der Waals surface area contributed by atoms with Crippen molar-refractivity contribution in [3.8, 4) is 0 Å². The molecule has 17 heavy (non-hydrogen) atoms. The van der Waals surface area contributed by atoms with Crippen LogP contribution in [0.1, 0.15) is 24.8 Å². The largest absolute Gasteiger partial charge is 0.370 e. The summed E-state index contributed by atoms with van der Waals surface area (Å²) in [6.07, 6.45) is 2.17. The van der Waals surface area contributed by atoms with E-state index < -0.39 is 0 Å². The highest BCUT2D eigenvalue weighted by atomic mass is 35.5. The summed E-state index contributed by atoms with van der Waals surface area (Å²) in [6, 6.07) is 5.40. The third-order valence-corrected chi connectivity index (χ3v) is 2.95. The summed E-state index contributed by atoms with van der Waals surface area (Å²) in [5.74, 6) is -0.247. The number of carbonyl (C=O) groups excluding carboxylic acids is 1. The number of carbonyl (C=O) groups is 1. The second-order valence-corrected chi connectivity index (χ2v) is 4.68. The van der Waals surface area contributed by atoms with E-state index in [2.05, 4.69) is 5.32 Å². The standard InChI is InChI=1S/C12H16Cl2N2O/c13-10-4-5-11(14)9(7-10)8-16-6-2-1-3-12(15)17/h4-5,7,16H,1-3,6,8H2,(H2,15,17). The Hall–Kier alpha value is -0.770. The van der Waals surface area contributed by atoms with Crippen LogP contribution in [0.25, 0.3) is 0 Å². The van der Waals surface area contributed by atoms with Gasteiger partial charge in [0.2, 0.25) is 5.91 Å². The fourth-order valence-corrected chi connectivity index (χ4v) is 1.83. The molecule has 3 N–H and O–H groups in total. The van der Waals surface area contributed by atoms with Crippen molar-refractivity contribution in [3.63, 3.8) is 0 Å². The van der Waals surface area contributed by atoms with Crippen LogP contribution >= 0.6 is 23.2 Å². The van der Waals surface area contributed by atoms with Crippen LogP contribution in [0, 0.1) is 0 Å². The molecule has 1 aromatic rings. The van der Waals surface area contributed by atoms with Gasteiger partial charge >= 0.3 is 0 Å². The number of halogens is 2. The zero-order valence-electron chi connectivity index (χ0n) is 9.51. The van der Waals surface area contributed by atoms with Crippen molar-refractivity contribution < 1.29 is 4.79 Å². The Bertz CT molecular complexity index is 383. The van der Waals surface area contributed by atoms with E-state index in [-0.39, 0.29) is 5.91 Å². The van der Waals surface area contributed by atoms with Gasteiger partial charge in [0.05, 0.1) is 0 Å². The second-order valence-electron chi connectivity index (χ2n) is 3.84. The highest BCUT2D eigenvalue weighted by Gasteiger charge is 2.01. The summed E-state index contributed by atoms with van der Waals surface area (Å²) >= 11 is 11.9. The summed E-state index contributed by atoms with van der Waals surface area (Å²) in [4.78, 5) is 10.5. The minimum absolute atomic E-state index is 0.247. The third kappa shape index (κ3) is 5.91. The number of hydrogen-bond donors (Lipinski definition) is 2. The number of nitrogens with one attached hydrogen (secondary N) is 1. The van der Waals surface area contributed by atoms with Crippen molar-refractivity contribution in [2.24, 2.45) is 5.73 Å². The van der Waals surface area contributed by atoms with E-state index in [4.69, 9.17) is 28.9 Å². The van der Waals surface area contributed by atoms with Crippen LogP contribution in [0.15, 0.2) is 18.2 Å². The SMILES string of the molecule is NC(=O)CCCCNCc1cc(Cl)ccc1Cl. The van der Waals surface area contributed by atoms with Gasteiger partial charge in [0.25, 0.3) is 0 Å². The Morgan fingerprint density at radius 2 is 2.06 bits per heavy atom. The van der Waals surface area contributed by atoms with Gasteiger partial charge in [-0.25, -0.2) is 0 Å². The van der Waals surface area contributed by atoms with Crippen LogP contribution < -0.4 is 11.1 Å². The van der Waals surface area contributed by atoms with E-state index in [0.29, 0.717) is 23.0 Å². The molecule has 0 spiro atoms. The molecule has 3 nitrogen and oxygen atoms in total. The maximum Gasteiger partial charge on any atom is 0.217 e. The van der Waals surface area contributed by atoms with E-state index in [0.717, 1.165) is 24.9 Å². The molecule has 0 saturated carbocycles. The molecule has 0 aliphatic rings. The van der Waals surface area contributed by atoms with Crippen LogP contribution in [0.2, 0.25) is 10.0 Å². The highest BCUT2D eigenvalue weighted by Crippen LogP contribution is 2.20. The van der Waals surface area contributed by atoms with Crippen molar-refractivity contribution >= 4 is 29.1 Å². The molecular formula is C12H16Cl2N2O. The van der Waals surface area contributed by atoms with Crippen LogP contribution in [-0.2, 0) is 11.3 Å². The number of amides is 1. The molecule has 0 radical (unpaired) electrons. The molecule has 1 aromatic carbocycles. The number of primary amides is 1. The molecule has 0 aliphatic carbocycles. The van der Waals surface area contributed by atoms with Gasteiger partial charge in [0.1, 0.15) is 0 Å². The maximum absolute atomic E-state index is 10.5. The molecule has 0 saturated heterocycles. The first-order chi connectivity index (χ1) is 8.09. The van der Waals surface area contributed by atoms with E-state index in [1.54, 1.807) is 12.1 Å². The predicted molar refractivity (Wildman–Crippen MR) is 71.2 cm³/mol. The van der Waals surface area contributed by atoms with Gasteiger partial charge in [-0.3, -0.25) is 4.79 Å². The van der Waals surface area contributed by atoms with E-state index in [9.17, 15) is 4.79 Å². The van der Waals surface area contributed by atoms with E-state index in [1.165, 1.54) is 0 Å². The first-order valence-electron chi connectivity index (χ1n) is 5.52. The van der Waals surface area contributed by atoms with Crippen LogP contribution in [0.4, 0.5) is 0 Å². The van der Waals surface area contributed by atoms with Crippen LogP contribution in [0.3, 0.4) is 0 Å². The van der Waals surface area contributed by atoms with Gasteiger partial charge < -0.3 is 11.1 Å². The Kier molecular flexibility index (Phi) is 6.34. The van der Waals surface area contributed by atoms with E-state index in [1.807, 2.05) is 6.07 Å². The highest BCUT2D eigenvalue weighted by molar-refractivity contribution is 6.33. The lowest BCUT2D eigenvalue weighted by Gasteiger charge is -2.06. The third-order valence-electron chi connectivity index (χ3n) is 2.35. The zero-order chi connectivity index (χ0) is 12.7. The molecule has 0 atom stereocenters. The molecule has 0 unspecified atom stereocenters. The van der Waals surface area contributed by atoms with Crippen molar-refractivity contribution in [1.29, 1.82) is 0 Å². The quantitative estimate of drug-likeness (QED) is 0.752. The smallest absolute Gasteiger partial charge is 0.217 e. The van der Waals surface area contributed by atoms with Crippen molar-refractivity contribution in [1.82, 2.24) is 5.32 Å². The van der Waals surface area contributed by atoms with Gasteiger partial charge in [0, 0.05) is 23.0 Å². The van der Waals surface area contributed by atoms with Gasteiger partial charge in [-0.15, -0.1) is 0 Å². The van der Waals surface area contributed by atoms with Crippen molar-refractivity contribution in [2.75, 3.05) is 6.54 Å². The monoisotopic (exact) mass is 274 g/mol. The van der Waals surface area contributed by atoms with Gasteiger partial charge in [-0.2, -0.15) is 0 Å². The second kappa shape index (κ2) is 7.54. The molecule has 94 valence electrons. The molecule has 5 heteroatoms. The Balaban J connectivity index is 2.22.